The minimum Gasteiger partial charge on any atom is -0.496 e. The lowest BCUT2D eigenvalue weighted by Gasteiger charge is -2.29. The molecule has 0 fully saturated rings. The molecule has 1 heterocycles. The Balaban J connectivity index is 1.95. The monoisotopic (exact) mass is 365 g/mol. The largest absolute Gasteiger partial charge is 0.496 e. The van der Waals surface area contributed by atoms with Gasteiger partial charge in [-0.05, 0) is 37.0 Å². The number of para-hydroxylation sites is 1. The lowest BCUT2D eigenvalue weighted by atomic mass is 9.77. The summed E-state index contributed by atoms with van der Waals surface area (Å²) in [6.07, 6.45) is 1.57. The summed E-state index contributed by atoms with van der Waals surface area (Å²) in [6, 6.07) is 16.4. The molecule has 0 bridgehead atoms. The molecule has 1 N–H and O–H groups in total. The lowest BCUT2D eigenvalue weighted by Crippen LogP contribution is -2.29. The number of rotatable bonds is 4. The van der Waals surface area contributed by atoms with Gasteiger partial charge in [-0.15, -0.1) is 11.3 Å². The smallest absolute Gasteiger partial charge is 0.347 e. The van der Waals surface area contributed by atoms with E-state index in [1.54, 1.807) is 14.0 Å². The number of aromatic nitrogens is 1. The Morgan fingerprint density at radius 3 is 2.31 bits per heavy atom. The lowest BCUT2D eigenvalue weighted by molar-refractivity contribution is 0.0701. The summed E-state index contributed by atoms with van der Waals surface area (Å²) in [5.41, 5.74) is 3.79. The molecule has 4 nitrogen and oxygen atoms in total. The van der Waals surface area contributed by atoms with E-state index in [0.717, 1.165) is 29.2 Å². The van der Waals surface area contributed by atoms with Crippen LogP contribution >= 0.6 is 11.3 Å². The summed E-state index contributed by atoms with van der Waals surface area (Å²) in [7, 11) is 1.67. The topological polar surface area (TPSA) is 59.4 Å². The number of carboxylic acid groups (broad SMARTS) is 1. The van der Waals surface area contributed by atoms with Gasteiger partial charge in [-0.3, -0.25) is 0 Å². The first-order chi connectivity index (χ1) is 12.5. The van der Waals surface area contributed by atoms with Crippen LogP contribution in [0.2, 0.25) is 0 Å². The summed E-state index contributed by atoms with van der Waals surface area (Å²) in [4.78, 5) is 16.6. The molecule has 0 aliphatic heterocycles. The number of ether oxygens (including phenoxy) is 1. The molecule has 2 aromatic carbocycles. The van der Waals surface area contributed by atoms with Crippen LogP contribution in [0, 0.1) is 6.92 Å². The summed E-state index contributed by atoms with van der Waals surface area (Å²) in [5, 5.41) is 10.3. The third-order valence-corrected chi connectivity index (χ3v) is 6.48. The normalized spacial score (nSPS) is 14.8. The zero-order valence-corrected chi connectivity index (χ0v) is 15.5. The van der Waals surface area contributed by atoms with Gasteiger partial charge < -0.3 is 9.84 Å². The molecule has 0 spiro atoms. The van der Waals surface area contributed by atoms with Crippen LogP contribution in [-0.4, -0.2) is 23.2 Å². The quantitative estimate of drug-likeness (QED) is 0.751. The minimum absolute atomic E-state index is 0.310. The molecule has 0 unspecified atom stereocenters. The van der Waals surface area contributed by atoms with Gasteiger partial charge in [0.15, 0.2) is 0 Å². The predicted molar refractivity (Wildman–Crippen MR) is 101 cm³/mol. The third kappa shape index (κ3) is 2.51. The maximum absolute atomic E-state index is 11.6. The average molecular weight is 365 g/mol. The van der Waals surface area contributed by atoms with Crippen molar-refractivity contribution in [2.45, 2.75) is 25.2 Å². The molecule has 4 rings (SSSR count). The fourth-order valence-corrected chi connectivity index (χ4v) is 5.02. The molecule has 26 heavy (non-hydrogen) atoms. The molecule has 1 aliphatic carbocycles. The SMILES string of the molecule is COc1ccccc1C1(c2nc(C)c(C(=O)O)s2)Cc2ccccc2C1. The number of hydrogen-bond acceptors (Lipinski definition) is 4. The molecule has 0 saturated carbocycles. The second-order valence-electron chi connectivity index (χ2n) is 6.64. The van der Waals surface area contributed by atoms with Crippen LogP contribution in [0.25, 0.3) is 0 Å². The van der Waals surface area contributed by atoms with Gasteiger partial charge in [0.05, 0.1) is 18.2 Å². The second kappa shape index (κ2) is 6.25. The molecule has 5 heteroatoms. The van der Waals surface area contributed by atoms with Crippen molar-refractivity contribution in [3.05, 3.63) is 80.8 Å². The van der Waals surface area contributed by atoms with Crippen molar-refractivity contribution in [1.82, 2.24) is 4.98 Å². The van der Waals surface area contributed by atoms with Crippen molar-refractivity contribution >= 4 is 17.3 Å². The van der Waals surface area contributed by atoms with Gasteiger partial charge in [0.1, 0.15) is 15.6 Å². The van der Waals surface area contributed by atoms with E-state index in [1.807, 2.05) is 30.3 Å². The Morgan fingerprint density at radius 2 is 1.73 bits per heavy atom. The van der Waals surface area contributed by atoms with Crippen molar-refractivity contribution in [3.63, 3.8) is 0 Å². The number of aromatic carboxylic acids is 1. The Bertz CT molecular complexity index is 967. The summed E-state index contributed by atoms with van der Waals surface area (Å²) >= 11 is 1.28. The number of hydrogen-bond donors (Lipinski definition) is 1. The van der Waals surface area contributed by atoms with Crippen molar-refractivity contribution in [3.8, 4) is 5.75 Å². The maximum atomic E-state index is 11.6. The first kappa shape index (κ1) is 16.8. The number of methoxy groups -OCH3 is 1. The van der Waals surface area contributed by atoms with Crippen molar-refractivity contribution in [2.75, 3.05) is 7.11 Å². The Morgan fingerprint density at radius 1 is 1.12 bits per heavy atom. The minimum atomic E-state index is -0.920. The van der Waals surface area contributed by atoms with Crippen molar-refractivity contribution in [1.29, 1.82) is 0 Å². The number of fused-ring (bicyclic) bond motifs is 1. The van der Waals surface area contributed by atoms with Gasteiger partial charge in [-0.1, -0.05) is 42.5 Å². The van der Waals surface area contributed by atoms with Crippen LogP contribution < -0.4 is 4.74 Å². The molecular weight excluding hydrogens is 346 g/mol. The van der Waals surface area contributed by atoms with E-state index in [9.17, 15) is 9.90 Å². The van der Waals surface area contributed by atoms with E-state index in [0.29, 0.717) is 10.6 Å². The number of carboxylic acids is 1. The van der Waals surface area contributed by atoms with Crippen LogP contribution in [0.1, 0.15) is 37.1 Å². The number of aryl methyl sites for hydroxylation is 1. The van der Waals surface area contributed by atoms with Gasteiger partial charge >= 0.3 is 5.97 Å². The highest BCUT2D eigenvalue weighted by Gasteiger charge is 2.45. The molecule has 1 aromatic heterocycles. The maximum Gasteiger partial charge on any atom is 0.347 e. The van der Waals surface area contributed by atoms with E-state index in [1.165, 1.54) is 22.5 Å². The molecule has 132 valence electrons. The highest BCUT2D eigenvalue weighted by atomic mass is 32.1. The Hall–Kier alpha value is -2.66. The van der Waals surface area contributed by atoms with Gasteiger partial charge in [-0.25, -0.2) is 9.78 Å². The third-order valence-electron chi connectivity index (χ3n) is 5.13. The van der Waals surface area contributed by atoms with E-state index in [4.69, 9.17) is 9.72 Å². The van der Waals surface area contributed by atoms with Crippen LogP contribution in [0.3, 0.4) is 0 Å². The molecule has 0 saturated heterocycles. The van der Waals surface area contributed by atoms with E-state index >= 15 is 0 Å². The van der Waals surface area contributed by atoms with Gasteiger partial charge in [0.25, 0.3) is 0 Å². The summed E-state index contributed by atoms with van der Waals surface area (Å²) in [5.74, 6) is -0.109. The Labute approximate surface area is 156 Å². The zero-order valence-electron chi connectivity index (χ0n) is 14.7. The fraction of sp³-hybridized carbons (Fsp3) is 0.238. The van der Waals surface area contributed by atoms with E-state index in [2.05, 4.69) is 18.2 Å². The van der Waals surface area contributed by atoms with Crippen LogP contribution in [-0.2, 0) is 18.3 Å². The zero-order chi connectivity index (χ0) is 18.3. The average Bonchev–Trinajstić information content (AvgIpc) is 3.23. The predicted octanol–water partition coefficient (Wildman–Crippen LogP) is 4.24. The molecule has 0 atom stereocenters. The van der Waals surface area contributed by atoms with Crippen LogP contribution in [0.15, 0.2) is 48.5 Å². The first-order valence-electron chi connectivity index (χ1n) is 8.46. The number of thiazole rings is 1. The Kier molecular flexibility index (Phi) is 4.04. The van der Waals surface area contributed by atoms with Gasteiger partial charge in [-0.2, -0.15) is 0 Å². The molecule has 1 aliphatic rings. The van der Waals surface area contributed by atoms with Crippen molar-refractivity contribution in [2.24, 2.45) is 0 Å². The number of carbonyl (C=O) groups is 1. The highest BCUT2D eigenvalue weighted by molar-refractivity contribution is 7.13. The molecule has 0 radical (unpaired) electrons. The number of nitrogens with zero attached hydrogens (tertiary/aromatic N) is 1. The van der Waals surface area contributed by atoms with Crippen LogP contribution in [0.5, 0.6) is 5.75 Å². The molecule has 3 aromatic rings. The second-order valence-corrected chi connectivity index (χ2v) is 7.64. The summed E-state index contributed by atoms with van der Waals surface area (Å²) < 4.78 is 5.65. The van der Waals surface area contributed by atoms with E-state index in [-0.39, 0.29) is 0 Å². The van der Waals surface area contributed by atoms with Gasteiger partial charge in [0, 0.05) is 5.56 Å². The highest BCUT2D eigenvalue weighted by Crippen LogP contribution is 2.49. The number of benzene rings is 2. The molecular formula is C21H19NO3S. The van der Waals surface area contributed by atoms with Crippen molar-refractivity contribution < 1.29 is 14.6 Å². The van der Waals surface area contributed by atoms with Gasteiger partial charge in [0.2, 0.25) is 0 Å². The summed E-state index contributed by atoms with van der Waals surface area (Å²) in [6.45, 7) is 1.77. The van der Waals surface area contributed by atoms with E-state index < -0.39 is 11.4 Å². The molecule has 0 amide bonds. The first-order valence-corrected chi connectivity index (χ1v) is 9.28. The standard InChI is InChI=1S/C21H19NO3S/c1-13-18(19(23)24)26-20(22-13)21(16-9-5-6-10-17(16)25-2)11-14-7-3-4-8-15(14)12-21/h3-10H,11-12H2,1-2H3,(H,23,24). The fourth-order valence-electron chi connectivity index (χ4n) is 3.91. The van der Waals surface area contributed by atoms with Crippen LogP contribution in [0.4, 0.5) is 0 Å².